The summed E-state index contributed by atoms with van der Waals surface area (Å²) < 4.78 is 0. The Bertz CT molecular complexity index is 278. The van der Waals surface area contributed by atoms with Gasteiger partial charge in [0.2, 0.25) is 0 Å². The lowest BCUT2D eigenvalue weighted by atomic mass is 9.99. The van der Waals surface area contributed by atoms with E-state index in [0.717, 1.165) is 24.6 Å². The summed E-state index contributed by atoms with van der Waals surface area (Å²) in [7, 11) is 11.3. The fourth-order valence-corrected chi connectivity index (χ4v) is 3.46. The van der Waals surface area contributed by atoms with Crippen molar-refractivity contribution in [2.45, 2.75) is 24.6 Å². The fraction of sp³-hybridized carbons (Fsp3) is 0.400. The van der Waals surface area contributed by atoms with E-state index in [9.17, 15) is 0 Å². The van der Waals surface area contributed by atoms with Crippen molar-refractivity contribution in [3.8, 4) is 0 Å². The van der Waals surface area contributed by atoms with E-state index in [4.69, 9.17) is 0 Å². The second-order valence-corrected chi connectivity index (χ2v) is 4.79. The zero-order valence-corrected chi connectivity index (χ0v) is 12.9. The summed E-state index contributed by atoms with van der Waals surface area (Å²) in [6.45, 7) is 0. The molecule has 1 aromatic rings. The second kappa shape index (κ2) is 6.51. The summed E-state index contributed by atoms with van der Waals surface area (Å²) in [4.78, 5) is 0. The first kappa shape index (κ1) is 13.0. The summed E-state index contributed by atoms with van der Waals surface area (Å²) in [6, 6.07) is 4.52. The molecule has 0 aliphatic rings. The van der Waals surface area contributed by atoms with E-state index in [1.807, 2.05) is 0 Å². The van der Waals surface area contributed by atoms with Gasteiger partial charge in [-0.25, -0.2) is 0 Å². The molecule has 0 amide bonds. The van der Waals surface area contributed by atoms with Crippen molar-refractivity contribution in [3.63, 3.8) is 0 Å². The van der Waals surface area contributed by atoms with Gasteiger partial charge < -0.3 is 0 Å². The van der Waals surface area contributed by atoms with Gasteiger partial charge in [0.05, 0.1) is 0 Å². The monoisotopic (exact) mass is 262 g/mol. The molecule has 0 bridgehead atoms. The third-order valence-electron chi connectivity index (χ3n) is 2.47. The Morgan fingerprint density at radius 2 is 1.00 bits per heavy atom. The molecule has 0 spiro atoms. The van der Waals surface area contributed by atoms with Crippen LogP contribution in [0, 0.1) is 0 Å². The van der Waals surface area contributed by atoms with Crippen LogP contribution in [0.3, 0.4) is 0 Å². The number of benzene rings is 1. The molecule has 0 aliphatic carbocycles. The molecule has 0 N–H and O–H groups in total. The van der Waals surface area contributed by atoms with Gasteiger partial charge in [0, 0.05) is 0 Å². The van der Waals surface area contributed by atoms with Crippen molar-refractivity contribution in [1.29, 1.82) is 0 Å². The Kier molecular flexibility index (Phi) is 6.05. The molecule has 1 aromatic carbocycles. The molecule has 0 saturated heterocycles. The number of rotatable bonds is 4. The van der Waals surface area contributed by atoms with E-state index in [1.165, 1.54) is 22.3 Å². The maximum absolute atomic E-state index is 2.84. The SMILES string of the molecule is PCc1ccc(CP)c(CP)c1CP. The van der Waals surface area contributed by atoms with Gasteiger partial charge in [-0.2, -0.15) is 0 Å². The van der Waals surface area contributed by atoms with E-state index < -0.39 is 0 Å². The first-order chi connectivity index (χ1) is 6.78. The zero-order chi connectivity index (χ0) is 10.6. The predicted molar refractivity (Wildman–Crippen MR) is 80.1 cm³/mol. The van der Waals surface area contributed by atoms with Gasteiger partial charge in [-0.05, 0) is 46.9 Å². The average molecular weight is 262 g/mol. The second-order valence-electron chi connectivity index (χ2n) is 3.16. The molecule has 4 unspecified atom stereocenters. The molecular formula is C10H18P4. The van der Waals surface area contributed by atoms with Crippen LogP contribution < -0.4 is 0 Å². The lowest BCUT2D eigenvalue weighted by Gasteiger charge is -2.15. The van der Waals surface area contributed by atoms with Crippen molar-refractivity contribution < 1.29 is 0 Å². The minimum atomic E-state index is 1.05. The van der Waals surface area contributed by atoms with Gasteiger partial charge in [0.15, 0.2) is 0 Å². The van der Waals surface area contributed by atoms with Crippen LogP contribution in [0.4, 0.5) is 0 Å². The van der Waals surface area contributed by atoms with Crippen molar-refractivity contribution in [2.24, 2.45) is 0 Å². The maximum Gasteiger partial charge on any atom is -0.0123 e. The molecule has 4 atom stereocenters. The van der Waals surface area contributed by atoms with Gasteiger partial charge >= 0.3 is 0 Å². The topological polar surface area (TPSA) is 0 Å². The van der Waals surface area contributed by atoms with Crippen LogP contribution in [-0.2, 0) is 24.6 Å². The molecule has 78 valence electrons. The largest absolute Gasteiger partial charge is 0.133 e. The molecule has 0 nitrogen and oxygen atoms in total. The van der Waals surface area contributed by atoms with Crippen LogP contribution >= 0.6 is 37.0 Å². The van der Waals surface area contributed by atoms with Crippen molar-refractivity contribution in [3.05, 3.63) is 34.4 Å². The lowest BCUT2D eigenvalue weighted by molar-refractivity contribution is 1.16. The molecular weight excluding hydrogens is 244 g/mol. The third kappa shape index (κ3) is 2.74. The highest BCUT2D eigenvalue weighted by atomic mass is 31.0. The lowest BCUT2D eigenvalue weighted by Crippen LogP contribution is -1.98. The smallest absolute Gasteiger partial charge is 0.0123 e. The first-order valence-corrected chi connectivity index (χ1v) is 7.97. The predicted octanol–water partition coefficient (Wildman–Crippen LogP) is 3.19. The van der Waals surface area contributed by atoms with E-state index in [2.05, 4.69) is 49.1 Å². The van der Waals surface area contributed by atoms with E-state index >= 15 is 0 Å². The van der Waals surface area contributed by atoms with Crippen LogP contribution in [0.5, 0.6) is 0 Å². The summed E-state index contributed by atoms with van der Waals surface area (Å²) in [5.74, 6) is 0. The van der Waals surface area contributed by atoms with Crippen molar-refractivity contribution >= 4 is 37.0 Å². The molecule has 0 radical (unpaired) electrons. The van der Waals surface area contributed by atoms with Crippen LogP contribution in [0.2, 0.25) is 0 Å². The Labute approximate surface area is 96.2 Å². The molecule has 14 heavy (non-hydrogen) atoms. The van der Waals surface area contributed by atoms with Crippen LogP contribution in [0.1, 0.15) is 22.3 Å². The van der Waals surface area contributed by atoms with E-state index in [0.29, 0.717) is 0 Å². The Balaban J connectivity index is 3.28. The molecule has 0 saturated carbocycles. The molecule has 0 aliphatic heterocycles. The highest BCUT2D eigenvalue weighted by molar-refractivity contribution is 7.16. The quantitative estimate of drug-likeness (QED) is 0.731. The molecule has 0 fully saturated rings. The zero-order valence-electron chi connectivity index (χ0n) is 8.29. The van der Waals surface area contributed by atoms with Gasteiger partial charge in [-0.3, -0.25) is 0 Å². The minimum absolute atomic E-state index is 1.05. The summed E-state index contributed by atoms with van der Waals surface area (Å²) in [6.07, 6.45) is 4.23. The highest BCUT2D eigenvalue weighted by Crippen LogP contribution is 2.27. The highest BCUT2D eigenvalue weighted by Gasteiger charge is 2.08. The Hall–Kier alpha value is 0.940. The fourth-order valence-electron chi connectivity index (χ4n) is 1.68. The normalized spacial score (nSPS) is 10.6. The van der Waals surface area contributed by atoms with E-state index in [-0.39, 0.29) is 0 Å². The average Bonchev–Trinajstić information content (AvgIpc) is 2.26. The third-order valence-corrected chi connectivity index (χ3v) is 4.17. The van der Waals surface area contributed by atoms with Crippen molar-refractivity contribution in [1.82, 2.24) is 0 Å². The van der Waals surface area contributed by atoms with Crippen LogP contribution in [0.15, 0.2) is 12.1 Å². The Morgan fingerprint density at radius 1 is 0.643 bits per heavy atom. The van der Waals surface area contributed by atoms with Crippen LogP contribution in [0.25, 0.3) is 0 Å². The summed E-state index contributed by atoms with van der Waals surface area (Å²) in [5.41, 5.74) is 5.95. The summed E-state index contributed by atoms with van der Waals surface area (Å²) in [5, 5.41) is 0. The van der Waals surface area contributed by atoms with Gasteiger partial charge in [0.1, 0.15) is 0 Å². The first-order valence-electron chi connectivity index (χ1n) is 4.71. The molecule has 0 heterocycles. The van der Waals surface area contributed by atoms with E-state index in [1.54, 1.807) is 0 Å². The van der Waals surface area contributed by atoms with Gasteiger partial charge in [-0.1, -0.05) is 12.1 Å². The number of hydrogen-bond acceptors (Lipinski definition) is 0. The summed E-state index contributed by atoms with van der Waals surface area (Å²) >= 11 is 0. The molecule has 0 aromatic heterocycles. The molecule has 4 heteroatoms. The number of hydrogen-bond donors (Lipinski definition) is 0. The maximum atomic E-state index is 2.84. The molecule has 1 rings (SSSR count). The van der Waals surface area contributed by atoms with Gasteiger partial charge in [0.25, 0.3) is 0 Å². The Morgan fingerprint density at radius 3 is 1.21 bits per heavy atom. The minimum Gasteiger partial charge on any atom is -0.133 e. The van der Waals surface area contributed by atoms with Gasteiger partial charge in [-0.15, -0.1) is 37.0 Å². The standard InChI is InChI=1S/C10H18P4/c11-3-7-1-2-8(4-12)10(6-14)9(7)5-13/h1-2H,3-6,11-14H2. The van der Waals surface area contributed by atoms with Crippen LogP contribution in [-0.4, -0.2) is 0 Å². The van der Waals surface area contributed by atoms with Crippen molar-refractivity contribution in [2.75, 3.05) is 0 Å².